The minimum absolute atomic E-state index is 0.136. The molecule has 69 heavy (non-hydrogen) atoms. The van der Waals surface area contributed by atoms with Crippen molar-refractivity contribution in [2.24, 2.45) is 0 Å². The minimum atomic E-state index is -0.433. The number of hydrogen-bond acceptors (Lipinski definition) is 9. The molecule has 0 aliphatic carbocycles. The maximum absolute atomic E-state index is 11.9. The van der Waals surface area contributed by atoms with Gasteiger partial charge >= 0.3 is 5.97 Å². The number of rotatable bonds is 24. The van der Waals surface area contributed by atoms with E-state index in [9.17, 15) is 4.79 Å². The van der Waals surface area contributed by atoms with Gasteiger partial charge in [0.05, 0.1) is 0 Å². The smallest absolute Gasteiger partial charge is 0.333 e. The minimum Gasteiger partial charge on any atom is -0.489 e. The molecule has 8 rings (SSSR count). The maximum atomic E-state index is 11.9. The van der Waals surface area contributed by atoms with Crippen molar-refractivity contribution in [1.82, 2.24) is 0 Å². The molecule has 0 amide bonds. The zero-order valence-electron chi connectivity index (χ0n) is 38.6. The molecule has 348 valence electrons. The van der Waals surface area contributed by atoms with Gasteiger partial charge in [0.25, 0.3) is 0 Å². The SMILES string of the molecule is C=C(C)C(=O)OCc1ccc(OCc2cc(OCc3cc(OCc4ccccc4)cc(OCc4ccccc4)c3)cc(OCc3cc(OCc4ccccc4)cc(OCc4ccccc4)c3)c2)cc1. The largest absolute Gasteiger partial charge is 0.489 e. The Labute approximate surface area is 404 Å². The van der Waals surface area contributed by atoms with Crippen LogP contribution in [0.15, 0.2) is 212 Å². The van der Waals surface area contributed by atoms with E-state index in [4.69, 9.17) is 37.9 Å². The van der Waals surface area contributed by atoms with Gasteiger partial charge in [-0.3, -0.25) is 0 Å². The Morgan fingerprint density at radius 3 is 0.826 bits per heavy atom. The summed E-state index contributed by atoms with van der Waals surface area (Å²) in [6.45, 7) is 7.67. The summed E-state index contributed by atoms with van der Waals surface area (Å²) < 4.78 is 49.8. The van der Waals surface area contributed by atoms with Crippen LogP contribution >= 0.6 is 0 Å². The molecule has 0 saturated carbocycles. The lowest BCUT2D eigenvalue weighted by Gasteiger charge is -2.16. The fourth-order valence-corrected chi connectivity index (χ4v) is 7.06. The first-order chi connectivity index (χ1) is 33.8. The summed E-state index contributed by atoms with van der Waals surface area (Å²) in [6.07, 6.45) is 0. The first-order valence-corrected chi connectivity index (χ1v) is 22.7. The molecule has 0 radical (unpaired) electrons. The third-order valence-electron chi connectivity index (χ3n) is 10.7. The molecule has 9 nitrogen and oxygen atoms in total. The average molecular weight is 919 g/mol. The van der Waals surface area contributed by atoms with E-state index < -0.39 is 5.97 Å². The van der Waals surface area contributed by atoms with E-state index in [1.165, 1.54) is 0 Å². The van der Waals surface area contributed by atoms with Crippen LogP contribution in [-0.4, -0.2) is 5.97 Å². The summed E-state index contributed by atoms with van der Waals surface area (Å²) in [6, 6.07) is 65.0. The van der Waals surface area contributed by atoms with Gasteiger partial charge in [0.2, 0.25) is 0 Å². The summed E-state index contributed by atoms with van der Waals surface area (Å²) in [5.74, 6) is 4.02. The van der Waals surface area contributed by atoms with Crippen LogP contribution in [0.5, 0.6) is 40.2 Å². The average Bonchev–Trinajstić information content (AvgIpc) is 3.39. The third kappa shape index (κ3) is 15.3. The summed E-state index contributed by atoms with van der Waals surface area (Å²) >= 11 is 0. The van der Waals surface area contributed by atoms with Gasteiger partial charge in [-0.1, -0.05) is 140 Å². The molecule has 0 unspecified atom stereocenters. The van der Waals surface area contributed by atoms with E-state index in [-0.39, 0.29) is 26.4 Å². The highest BCUT2D eigenvalue weighted by Gasteiger charge is 2.12. The van der Waals surface area contributed by atoms with Gasteiger partial charge in [-0.05, 0) is 100.0 Å². The lowest BCUT2D eigenvalue weighted by molar-refractivity contribution is -0.140. The van der Waals surface area contributed by atoms with Gasteiger partial charge in [-0.2, -0.15) is 0 Å². The quantitative estimate of drug-likeness (QED) is 0.0434. The molecule has 8 aromatic rings. The number of ether oxygens (including phenoxy) is 8. The van der Waals surface area contributed by atoms with Gasteiger partial charge < -0.3 is 37.9 Å². The Kier molecular flexibility index (Phi) is 16.6. The third-order valence-corrected chi connectivity index (χ3v) is 10.7. The fourth-order valence-electron chi connectivity index (χ4n) is 7.06. The van der Waals surface area contributed by atoms with Crippen LogP contribution in [0.3, 0.4) is 0 Å². The second-order valence-corrected chi connectivity index (χ2v) is 16.4. The number of esters is 1. The van der Waals surface area contributed by atoms with Crippen molar-refractivity contribution in [2.45, 2.75) is 59.8 Å². The van der Waals surface area contributed by atoms with Crippen LogP contribution in [0.4, 0.5) is 0 Å². The van der Waals surface area contributed by atoms with Gasteiger partial charge in [0, 0.05) is 23.8 Å². The lowest BCUT2D eigenvalue weighted by Crippen LogP contribution is -2.05. The van der Waals surface area contributed by atoms with E-state index >= 15 is 0 Å². The standard InChI is InChI=1S/C60H54O9/c1-44(2)60(61)69-40-49-23-25-53(26-24-49)62-41-50-27-58(67-42-51-29-54(63-36-45-15-7-3-8-16-45)33-55(30-51)64-37-46-17-9-4-10-18-46)35-59(28-50)68-43-52-31-56(65-38-47-19-11-5-12-20-47)34-57(32-52)66-39-48-21-13-6-14-22-48/h3-35H,1,36-43H2,2H3. The molecule has 0 atom stereocenters. The Bertz CT molecular complexity index is 2590. The van der Waals surface area contributed by atoms with Crippen LogP contribution < -0.4 is 33.2 Å². The van der Waals surface area contributed by atoms with E-state index in [2.05, 4.69) is 6.58 Å². The Morgan fingerprint density at radius 1 is 0.304 bits per heavy atom. The first-order valence-electron chi connectivity index (χ1n) is 22.7. The normalized spacial score (nSPS) is 10.7. The predicted molar refractivity (Wildman–Crippen MR) is 266 cm³/mol. The summed E-state index contributed by atoms with van der Waals surface area (Å²) in [5.41, 5.74) is 7.94. The van der Waals surface area contributed by atoms with Crippen molar-refractivity contribution < 1.29 is 42.7 Å². The Balaban J connectivity index is 1.02. The van der Waals surface area contributed by atoms with Gasteiger partial charge in [0.1, 0.15) is 93.1 Å². The van der Waals surface area contributed by atoms with Crippen LogP contribution in [0.1, 0.15) is 51.4 Å². The van der Waals surface area contributed by atoms with E-state index in [0.29, 0.717) is 72.2 Å². The van der Waals surface area contributed by atoms with Crippen molar-refractivity contribution in [3.63, 3.8) is 0 Å². The summed E-state index contributed by atoms with van der Waals surface area (Å²) in [5, 5.41) is 0. The van der Waals surface area contributed by atoms with E-state index in [1.807, 2.05) is 200 Å². The van der Waals surface area contributed by atoms with Crippen molar-refractivity contribution in [3.8, 4) is 40.2 Å². The highest BCUT2D eigenvalue weighted by Crippen LogP contribution is 2.31. The summed E-state index contributed by atoms with van der Waals surface area (Å²) in [4.78, 5) is 11.9. The fraction of sp³-hybridized carbons (Fsp3) is 0.150. The van der Waals surface area contributed by atoms with Crippen molar-refractivity contribution in [3.05, 3.63) is 257 Å². The number of benzene rings is 8. The maximum Gasteiger partial charge on any atom is 0.333 e. The lowest BCUT2D eigenvalue weighted by atomic mass is 10.2. The van der Waals surface area contributed by atoms with Crippen molar-refractivity contribution >= 4 is 5.97 Å². The molecule has 0 spiro atoms. The highest BCUT2D eigenvalue weighted by molar-refractivity contribution is 5.86. The zero-order valence-corrected chi connectivity index (χ0v) is 38.6. The van der Waals surface area contributed by atoms with Gasteiger partial charge in [-0.15, -0.1) is 0 Å². The molecule has 0 bridgehead atoms. The second kappa shape index (κ2) is 24.4. The molecule has 0 saturated heterocycles. The topological polar surface area (TPSA) is 90.9 Å². The van der Waals surface area contributed by atoms with Crippen LogP contribution in [0, 0.1) is 0 Å². The Morgan fingerprint density at radius 2 is 0.551 bits per heavy atom. The molecule has 0 fully saturated rings. The van der Waals surface area contributed by atoms with Crippen molar-refractivity contribution in [2.75, 3.05) is 0 Å². The van der Waals surface area contributed by atoms with Gasteiger partial charge in [-0.25, -0.2) is 4.79 Å². The molecule has 0 aliphatic heterocycles. The first kappa shape index (κ1) is 47.1. The van der Waals surface area contributed by atoms with Crippen LogP contribution in [-0.2, 0) is 62.4 Å². The number of carbonyl (C=O) groups excluding carboxylic acids is 1. The monoisotopic (exact) mass is 918 g/mol. The molecule has 0 aliphatic rings. The molecular formula is C60H54O9. The molecule has 0 N–H and O–H groups in total. The van der Waals surface area contributed by atoms with E-state index in [0.717, 1.165) is 44.5 Å². The number of carbonyl (C=O) groups is 1. The summed E-state index contributed by atoms with van der Waals surface area (Å²) in [7, 11) is 0. The van der Waals surface area contributed by atoms with Gasteiger partial charge in [0.15, 0.2) is 0 Å². The molecular weight excluding hydrogens is 865 g/mol. The Hall–Kier alpha value is -8.43. The van der Waals surface area contributed by atoms with Crippen molar-refractivity contribution in [1.29, 1.82) is 0 Å². The zero-order chi connectivity index (χ0) is 47.5. The highest BCUT2D eigenvalue weighted by atomic mass is 16.5. The molecule has 0 aromatic heterocycles. The molecule has 8 aromatic carbocycles. The van der Waals surface area contributed by atoms with Crippen LogP contribution in [0.2, 0.25) is 0 Å². The van der Waals surface area contributed by atoms with Crippen LogP contribution in [0.25, 0.3) is 0 Å². The van der Waals surface area contributed by atoms with E-state index in [1.54, 1.807) is 6.92 Å². The second-order valence-electron chi connectivity index (χ2n) is 16.4. The number of hydrogen-bond donors (Lipinski definition) is 0. The molecule has 0 heterocycles. The molecule has 9 heteroatoms. The predicted octanol–water partition coefficient (Wildman–Crippen LogP) is 13.4.